The van der Waals surface area contributed by atoms with Gasteiger partial charge in [-0.15, -0.1) is 5.10 Å². The third-order valence-electron chi connectivity index (χ3n) is 3.25. The average molecular weight is 343 g/mol. The molecule has 0 saturated heterocycles. The molecule has 0 spiro atoms. The van der Waals surface area contributed by atoms with E-state index in [1.807, 2.05) is 0 Å². The number of hydrogen-bond acceptors (Lipinski definition) is 5. The molecule has 0 aliphatic carbocycles. The first-order valence-corrected chi connectivity index (χ1v) is 7.42. The Labute approximate surface area is 141 Å². The van der Waals surface area contributed by atoms with Gasteiger partial charge in [0.05, 0.1) is 11.8 Å². The Kier molecular flexibility index (Phi) is 4.84. The van der Waals surface area contributed by atoms with Crippen molar-refractivity contribution in [2.45, 2.75) is 6.42 Å². The van der Waals surface area contributed by atoms with E-state index in [1.165, 1.54) is 18.4 Å². The molecule has 0 unspecified atom stereocenters. The lowest BCUT2D eigenvalue weighted by Crippen LogP contribution is -2.27. The van der Waals surface area contributed by atoms with E-state index in [-0.39, 0.29) is 42.0 Å². The fraction of sp³-hybridized carbons (Fsp3) is 0.125. The van der Waals surface area contributed by atoms with Crippen LogP contribution in [0, 0.1) is 5.82 Å². The summed E-state index contributed by atoms with van der Waals surface area (Å²) in [6.45, 7) is 0.121. The predicted octanol–water partition coefficient (Wildman–Crippen LogP) is 1.96. The van der Waals surface area contributed by atoms with Crippen LogP contribution in [0.4, 0.5) is 10.3 Å². The van der Waals surface area contributed by atoms with Gasteiger partial charge in [-0.25, -0.2) is 4.39 Å². The molecule has 1 aromatic carbocycles. The molecule has 0 aliphatic heterocycles. The zero-order valence-electron chi connectivity index (χ0n) is 13.0. The highest BCUT2D eigenvalue weighted by Crippen LogP contribution is 2.19. The fourth-order valence-corrected chi connectivity index (χ4v) is 2.06. The zero-order chi connectivity index (χ0) is 17.6. The maximum atomic E-state index is 13.7. The van der Waals surface area contributed by atoms with Gasteiger partial charge in [0.1, 0.15) is 5.82 Å². The molecular weight excluding hydrogens is 329 g/mol. The quantitative estimate of drug-likeness (QED) is 0.633. The molecule has 3 N–H and O–H groups in total. The van der Waals surface area contributed by atoms with Crippen LogP contribution in [0.2, 0.25) is 0 Å². The first kappa shape index (κ1) is 16.4. The van der Waals surface area contributed by atoms with E-state index in [0.717, 1.165) is 0 Å². The van der Waals surface area contributed by atoms with E-state index >= 15 is 0 Å². The lowest BCUT2D eigenvalue weighted by molar-refractivity contribution is -0.116. The lowest BCUT2D eigenvalue weighted by Gasteiger charge is -2.03. The van der Waals surface area contributed by atoms with E-state index in [1.54, 1.807) is 24.3 Å². The molecule has 3 rings (SSSR count). The van der Waals surface area contributed by atoms with Crippen LogP contribution in [-0.4, -0.2) is 33.5 Å². The molecule has 2 amide bonds. The van der Waals surface area contributed by atoms with Crippen LogP contribution in [0.25, 0.3) is 11.4 Å². The number of amides is 2. The van der Waals surface area contributed by atoms with Crippen molar-refractivity contribution in [3.8, 4) is 11.4 Å². The first-order chi connectivity index (χ1) is 12.1. The normalized spacial score (nSPS) is 10.4. The Balaban J connectivity index is 1.50. The number of nitrogens with one attached hydrogen (secondary N) is 3. The van der Waals surface area contributed by atoms with Crippen molar-refractivity contribution in [1.29, 1.82) is 0 Å². The summed E-state index contributed by atoms with van der Waals surface area (Å²) in [6.07, 6.45) is 1.41. The largest absolute Gasteiger partial charge is 0.459 e. The summed E-state index contributed by atoms with van der Waals surface area (Å²) in [4.78, 5) is 27.5. The number of rotatable bonds is 6. The number of halogens is 1. The summed E-state index contributed by atoms with van der Waals surface area (Å²) in [5.41, 5.74) is 0.251. The van der Waals surface area contributed by atoms with Crippen molar-refractivity contribution in [2.24, 2.45) is 0 Å². The van der Waals surface area contributed by atoms with Crippen LogP contribution in [0.1, 0.15) is 17.0 Å². The highest BCUT2D eigenvalue weighted by molar-refractivity contribution is 5.92. The van der Waals surface area contributed by atoms with E-state index in [9.17, 15) is 14.0 Å². The average Bonchev–Trinajstić information content (AvgIpc) is 3.27. The predicted molar refractivity (Wildman–Crippen MR) is 86.1 cm³/mol. The number of hydrogen-bond donors (Lipinski definition) is 3. The van der Waals surface area contributed by atoms with Gasteiger partial charge in [0.25, 0.3) is 5.91 Å². The third kappa shape index (κ3) is 4.08. The maximum Gasteiger partial charge on any atom is 0.286 e. The number of benzene rings is 1. The van der Waals surface area contributed by atoms with Crippen LogP contribution >= 0.6 is 0 Å². The van der Waals surface area contributed by atoms with Crippen molar-refractivity contribution in [1.82, 2.24) is 20.5 Å². The number of carbonyl (C=O) groups excluding carboxylic acids is 2. The van der Waals surface area contributed by atoms with Crippen LogP contribution in [0.15, 0.2) is 47.1 Å². The van der Waals surface area contributed by atoms with Crippen molar-refractivity contribution < 1.29 is 18.4 Å². The summed E-state index contributed by atoms with van der Waals surface area (Å²) < 4.78 is 18.6. The number of aromatic nitrogens is 3. The maximum absolute atomic E-state index is 13.7. The number of nitrogens with zero attached hydrogens (tertiary/aromatic N) is 2. The van der Waals surface area contributed by atoms with Gasteiger partial charge >= 0.3 is 0 Å². The van der Waals surface area contributed by atoms with Crippen LogP contribution in [-0.2, 0) is 4.79 Å². The second kappa shape index (κ2) is 7.39. The molecular formula is C16H14FN5O3. The highest BCUT2D eigenvalue weighted by atomic mass is 19.1. The summed E-state index contributed by atoms with van der Waals surface area (Å²) in [6, 6.07) is 9.20. The summed E-state index contributed by atoms with van der Waals surface area (Å²) >= 11 is 0. The van der Waals surface area contributed by atoms with Gasteiger partial charge in [0, 0.05) is 13.0 Å². The van der Waals surface area contributed by atoms with E-state index < -0.39 is 11.7 Å². The molecule has 9 heteroatoms. The summed E-state index contributed by atoms with van der Waals surface area (Å²) in [7, 11) is 0. The van der Waals surface area contributed by atoms with E-state index in [0.29, 0.717) is 0 Å². The van der Waals surface area contributed by atoms with Crippen LogP contribution in [0.3, 0.4) is 0 Å². The molecule has 0 fully saturated rings. The summed E-state index contributed by atoms with van der Waals surface area (Å²) in [5.74, 6) is -0.836. The molecule has 0 atom stereocenters. The molecule has 0 bridgehead atoms. The highest BCUT2D eigenvalue weighted by Gasteiger charge is 2.12. The monoisotopic (exact) mass is 343 g/mol. The minimum atomic E-state index is -0.447. The molecule has 8 nitrogen and oxygen atoms in total. The van der Waals surface area contributed by atoms with Crippen LogP contribution < -0.4 is 10.6 Å². The Morgan fingerprint density at radius 2 is 2.04 bits per heavy atom. The van der Waals surface area contributed by atoms with Gasteiger partial charge < -0.3 is 9.73 Å². The van der Waals surface area contributed by atoms with Gasteiger partial charge in [-0.2, -0.15) is 4.98 Å². The molecule has 0 radical (unpaired) electrons. The fourth-order valence-electron chi connectivity index (χ4n) is 2.06. The van der Waals surface area contributed by atoms with Gasteiger partial charge in [-0.3, -0.25) is 20.0 Å². The molecule has 0 aliphatic rings. The van der Waals surface area contributed by atoms with E-state index in [4.69, 9.17) is 4.42 Å². The molecule has 25 heavy (non-hydrogen) atoms. The molecule has 2 aromatic heterocycles. The van der Waals surface area contributed by atoms with Crippen molar-refractivity contribution in [3.05, 3.63) is 54.2 Å². The molecule has 3 aromatic rings. The van der Waals surface area contributed by atoms with Crippen LogP contribution in [0.5, 0.6) is 0 Å². The van der Waals surface area contributed by atoms with Crippen molar-refractivity contribution in [2.75, 3.05) is 11.9 Å². The Hall–Kier alpha value is -3.49. The number of furan rings is 1. The topological polar surface area (TPSA) is 113 Å². The summed E-state index contributed by atoms with van der Waals surface area (Å²) in [5, 5.41) is 11.4. The molecule has 2 heterocycles. The smallest absolute Gasteiger partial charge is 0.286 e. The Bertz CT molecular complexity index is 876. The second-order valence-corrected chi connectivity index (χ2v) is 5.02. The number of carbonyl (C=O) groups is 2. The minimum Gasteiger partial charge on any atom is -0.459 e. The number of anilines is 1. The Morgan fingerprint density at radius 3 is 2.80 bits per heavy atom. The van der Waals surface area contributed by atoms with Gasteiger partial charge in [-0.05, 0) is 24.3 Å². The minimum absolute atomic E-state index is 0.0238. The standard InChI is InChI=1S/C16H14FN5O3/c17-11-5-2-1-4-10(11)14-20-16(22-21-14)19-13(23)7-8-18-15(24)12-6-3-9-25-12/h1-6,9H,7-8H2,(H,18,24)(H2,19,20,21,22,23). The van der Waals surface area contributed by atoms with E-state index in [2.05, 4.69) is 25.8 Å². The SMILES string of the molecule is O=C(CCNC(=O)c1ccco1)Nc1n[nH]c(-c2ccccc2F)n1. The van der Waals surface area contributed by atoms with Gasteiger partial charge in [0.15, 0.2) is 11.6 Å². The van der Waals surface area contributed by atoms with Crippen molar-refractivity contribution >= 4 is 17.8 Å². The molecule has 0 saturated carbocycles. The lowest BCUT2D eigenvalue weighted by atomic mass is 10.2. The second-order valence-electron chi connectivity index (χ2n) is 5.02. The Morgan fingerprint density at radius 1 is 1.20 bits per heavy atom. The number of H-pyrrole nitrogens is 1. The van der Waals surface area contributed by atoms with Crippen molar-refractivity contribution in [3.63, 3.8) is 0 Å². The van der Waals surface area contributed by atoms with Gasteiger partial charge in [-0.1, -0.05) is 12.1 Å². The molecule has 128 valence electrons. The first-order valence-electron chi connectivity index (χ1n) is 7.42. The zero-order valence-corrected chi connectivity index (χ0v) is 13.0. The third-order valence-corrected chi connectivity index (χ3v) is 3.25. The number of aromatic amines is 1. The van der Waals surface area contributed by atoms with Gasteiger partial charge in [0.2, 0.25) is 11.9 Å².